The quantitative estimate of drug-likeness (QED) is 0.804. The lowest BCUT2D eigenvalue weighted by molar-refractivity contribution is 0.637. The van der Waals surface area contributed by atoms with Crippen LogP contribution in [0.15, 0.2) is 24.7 Å². The SMILES string of the molecule is CCC(NSC)c1cn2cccnc2n1. The molecule has 0 aliphatic rings. The highest BCUT2D eigenvalue weighted by molar-refractivity contribution is 7.96. The molecule has 1 N–H and O–H groups in total. The van der Waals surface area contributed by atoms with E-state index < -0.39 is 0 Å². The first-order chi connectivity index (χ1) is 7.35. The van der Waals surface area contributed by atoms with Crippen LogP contribution in [0.5, 0.6) is 0 Å². The van der Waals surface area contributed by atoms with Crippen LogP contribution in [-0.2, 0) is 0 Å². The monoisotopic (exact) mass is 222 g/mol. The summed E-state index contributed by atoms with van der Waals surface area (Å²) in [5.41, 5.74) is 1.05. The molecular formula is C10H14N4S. The van der Waals surface area contributed by atoms with E-state index in [-0.39, 0.29) is 0 Å². The molecular weight excluding hydrogens is 208 g/mol. The van der Waals surface area contributed by atoms with Gasteiger partial charge >= 0.3 is 0 Å². The van der Waals surface area contributed by atoms with Crippen LogP contribution in [0.1, 0.15) is 25.1 Å². The van der Waals surface area contributed by atoms with E-state index in [9.17, 15) is 0 Å². The fourth-order valence-corrected chi connectivity index (χ4v) is 2.08. The largest absolute Gasteiger partial charge is 0.291 e. The molecule has 1 atom stereocenters. The summed E-state index contributed by atoms with van der Waals surface area (Å²) in [5, 5.41) is 0. The second kappa shape index (κ2) is 4.63. The summed E-state index contributed by atoms with van der Waals surface area (Å²) in [6.45, 7) is 2.14. The Morgan fingerprint density at radius 2 is 2.47 bits per heavy atom. The van der Waals surface area contributed by atoms with E-state index in [1.54, 1.807) is 18.1 Å². The molecule has 1 unspecified atom stereocenters. The minimum atomic E-state index is 0.293. The number of aromatic nitrogens is 3. The average Bonchev–Trinajstić information content (AvgIpc) is 2.69. The van der Waals surface area contributed by atoms with Gasteiger partial charge in [0, 0.05) is 18.6 Å². The molecule has 0 aromatic carbocycles. The summed E-state index contributed by atoms with van der Waals surface area (Å²) in [5.74, 6) is 0.758. The summed E-state index contributed by atoms with van der Waals surface area (Å²) in [7, 11) is 0. The number of hydrogen-bond acceptors (Lipinski definition) is 4. The fraction of sp³-hybridized carbons (Fsp3) is 0.400. The Morgan fingerprint density at radius 1 is 1.60 bits per heavy atom. The highest BCUT2D eigenvalue weighted by Gasteiger charge is 2.12. The van der Waals surface area contributed by atoms with Crippen LogP contribution in [0, 0.1) is 0 Å². The third kappa shape index (κ3) is 2.13. The minimum Gasteiger partial charge on any atom is -0.291 e. The highest BCUT2D eigenvalue weighted by Crippen LogP contribution is 2.17. The molecule has 4 nitrogen and oxygen atoms in total. The van der Waals surface area contributed by atoms with Gasteiger partial charge in [-0.15, -0.1) is 0 Å². The Bertz CT molecular complexity index is 407. The molecule has 0 radical (unpaired) electrons. The maximum Gasteiger partial charge on any atom is 0.233 e. The van der Waals surface area contributed by atoms with E-state index in [2.05, 4.69) is 21.6 Å². The third-order valence-electron chi connectivity index (χ3n) is 2.28. The van der Waals surface area contributed by atoms with Crippen LogP contribution in [0.25, 0.3) is 5.78 Å². The van der Waals surface area contributed by atoms with Crippen molar-refractivity contribution in [2.45, 2.75) is 19.4 Å². The Balaban J connectivity index is 2.34. The van der Waals surface area contributed by atoms with Crippen LogP contribution in [0.2, 0.25) is 0 Å². The van der Waals surface area contributed by atoms with E-state index in [4.69, 9.17) is 0 Å². The van der Waals surface area contributed by atoms with Gasteiger partial charge in [0.1, 0.15) is 0 Å². The lowest BCUT2D eigenvalue weighted by Gasteiger charge is -2.11. The third-order valence-corrected chi connectivity index (χ3v) is 2.80. The number of nitrogens with zero attached hydrogens (tertiary/aromatic N) is 3. The molecule has 0 spiro atoms. The molecule has 0 fully saturated rings. The summed E-state index contributed by atoms with van der Waals surface area (Å²) in [4.78, 5) is 8.67. The van der Waals surface area contributed by atoms with Crippen molar-refractivity contribution in [1.29, 1.82) is 0 Å². The van der Waals surface area contributed by atoms with Gasteiger partial charge in [-0.2, -0.15) is 0 Å². The summed E-state index contributed by atoms with van der Waals surface area (Å²) in [6.07, 6.45) is 8.79. The van der Waals surface area contributed by atoms with E-state index >= 15 is 0 Å². The van der Waals surface area contributed by atoms with Gasteiger partial charge in [0.25, 0.3) is 0 Å². The number of nitrogens with one attached hydrogen (secondary N) is 1. The lowest BCUT2D eigenvalue weighted by Crippen LogP contribution is -2.12. The molecule has 2 aromatic rings. The van der Waals surface area contributed by atoms with E-state index in [0.29, 0.717) is 6.04 Å². The molecule has 0 amide bonds. The predicted octanol–water partition coefficient (Wildman–Crippen LogP) is 2.05. The first-order valence-electron chi connectivity index (χ1n) is 4.93. The van der Waals surface area contributed by atoms with Gasteiger partial charge in [-0.1, -0.05) is 18.9 Å². The molecule has 15 heavy (non-hydrogen) atoms. The van der Waals surface area contributed by atoms with Crippen LogP contribution in [0.3, 0.4) is 0 Å². The Kier molecular flexibility index (Phi) is 3.23. The Labute approximate surface area is 93.3 Å². The molecule has 2 heterocycles. The predicted molar refractivity (Wildman–Crippen MR) is 62.7 cm³/mol. The van der Waals surface area contributed by atoms with Gasteiger partial charge < -0.3 is 0 Å². The molecule has 0 bridgehead atoms. The second-order valence-electron chi connectivity index (χ2n) is 3.28. The van der Waals surface area contributed by atoms with Crippen molar-refractivity contribution in [2.24, 2.45) is 0 Å². The topological polar surface area (TPSA) is 42.2 Å². The van der Waals surface area contributed by atoms with Crippen molar-refractivity contribution in [3.63, 3.8) is 0 Å². The highest BCUT2D eigenvalue weighted by atomic mass is 32.2. The maximum atomic E-state index is 4.48. The van der Waals surface area contributed by atoms with Crippen LogP contribution in [0.4, 0.5) is 0 Å². The van der Waals surface area contributed by atoms with Gasteiger partial charge in [-0.25, -0.2) is 9.97 Å². The molecule has 0 saturated heterocycles. The van der Waals surface area contributed by atoms with Crippen LogP contribution >= 0.6 is 11.9 Å². The molecule has 5 heteroatoms. The Hall–Kier alpha value is -1.07. The summed E-state index contributed by atoms with van der Waals surface area (Å²) < 4.78 is 5.27. The van der Waals surface area contributed by atoms with E-state index in [1.807, 2.05) is 29.1 Å². The van der Waals surface area contributed by atoms with E-state index in [1.165, 1.54) is 0 Å². The summed E-state index contributed by atoms with van der Waals surface area (Å²) in [6, 6.07) is 2.20. The first-order valence-corrected chi connectivity index (χ1v) is 6.15. The molecule has 0 aliphatic heterocycles. The molecule has 2 rings (SSSR count). The standard InChI is InChI=1S/C10H14N4S/c1-3-8(13-15-2)9-7-14-6-4-5-11-10(14)12-9/h4-8,13H,3H2,1-2H3. The zero-order valence-corrected chi connectivity index (χ0v) is 9.66. The normalized spacial score (nSPS) is 13.2. The van der Waals surface area contributed by atoms with Crippen molar-refractivity contribution in [2.75, 3.05) is 6.26 Å². The van der Waals surface area contributed by atoms with Gasteiger partial charge in [0.15, 0.2) is 0 Å². The molecule has 80 valence electrons. The zero-order valence-electron chi connectivity index (χ0n) is 8.84. The summed E-state index contributed by atoms with van der Waals surface area (Å²) >= 11 is 1.62. The second-order valence-corrected chi connectivity index (χ2v) is 3.92. The molecule has 2 aromatic heterocycles. The fourth-order valence-electron chi connectivity index (χ4n) is 1.51. The van der Waals surface area contributed by atoms with Crippen molar-refractivity contribution in [3.05, 3.63) is 30.4 Å². The van der Waals surface area contributed by atoms with Gasteiger partial charge in [-0.3, -0.25) is 9.12 Å². The average molecular weight is 222 g/mol. The Morgan fingerprint density at radius 3 is 3.13 bits per heavy atom. The zero-order chi connectivity index (χ0) is 10.7. The van der Waals surface area contributed by atoms with Gasteiger partial charge in [0.2, 0.25) is 5.78 Å². The maximum absolute atomic E-state index is 4.48. The first kappa shape index (κ1) is 10.4. The number of imidazole rings is 1. The smallest absolute Gasteiger partial charge is 0.233 e. The van der Waals surface area contributed by atoms with Crippen LogP contribution in [-0.4, -0.2) is 20.6 Å². The number of hydrogen-bond donors (Lipinski definition) is 1. The van der Waals surface area contributed by atoms with Gasteiger partial charge in [-0.05, 0) is 18.7 Å². The van der Waals surface area contributed by atoms with Crippen molar-refractivity contribution in [3.8, 4) is 0 Å². The molecule has 0 aliphatic carbocycles. The molecule has 0 saturated carbocycles. The van der Waals surface area contributed by atoms with Crippen molar-refractivity contribution >= 4 is 17.7 Å². The van der Waals surface area contributed by atoms with Crippen LogP contribution < -0.4 is 4.72 Å². The van der Waals surface area contributed by atoms with Gasteiger partial charge in [0.05, 0.1) is 11.7 Å². The number of fused-ring (bicyclic) bond motifs is 1. The van der Waals surface area contributed by atoms with Crippen molar-refractivity contribution in [1.82, 2.24) is 19.1 Å². The van der Waals surface area contributed by atoms with E-state index in [0.717, 1.165) is 17.9 Å². The minimum absolute atomic E-state index is 0.293. The number of rotatable bonds is 4. The van der Waals surface area contributed by atoms with Crippen molar-refractivity contribution < 1.29 is 0 Å². The lowest BCUT2D eigenvalue weighted by atomic mass is 10.2.